The van der Waals surface area contributed by atoms with Crippen LogP contribution in [-0.4, -0.2) is 79.8 Å². The number of rotatable bonds is 4. The van der Waals surface area contributed by atoms with Crippen LogP contribution in [-0.2, 0) is 11.3 Å². The summed E-state index contributed by atoms with van der Waals surface area (Å²) in [4.78, 5) is 30.2. The number of likely N-dealkylation sites (N-methyl/N-ethyl adjacent to an activating group) is 1. The van der Waals surface area contributed by atoms with Crippen molar-refractivity contribution in [3.63, 3.8) is 0 Å². The Morgan fingerprint density at radius 3 is 2.71 bits per heavy atom. The van der Waals surface area contributed by atoms with E-state index < -0.39 is 0 Å². The zero-order valence-electron chi connectivity index (χ0n) is 17.2. The highest BCUT2D eigenvalue weighted by atomic mass is 16.5. The number of likely N-dealkylation sites (tertiary alicyclic amines) is 1. The maximum atomic E-state index is 13.1. The molecule has 2 atom stereocenters. The predicted molar refractivity (Wildman–Crippen MR) is 108 cm³/mol. The maximum Gasteiger partial charge on any atom is 0.263 e. The molecule has 7 heteroatoms. The van der Waals surface area contributed by atoms with Crippen molar-refractivity contribution in [3.05, 3.63) is 33.7 Å². The Bertz CT molecular complexity index is 795. The summed E-state index contributed by atoms with van der Waals surface area (Å²) in [5, 5.41) is 3.46. The van der Waals surface area contributed by atoms with Crippen molar-refractivity contribution in [2.75, 3.05) is 53.9 Å². The van der Waals surface area contributed by atoms with Gasteiger partial charge >= 0.3 is 0 Å². The van der Waals surface area contributed by atoms with Crippen LogP contribution in [0.25, 0.3) is 0 Å². The lowest BCUT2D eigenvalue weighted by Gasteiger charge is -2.42. The number of hydrogen-bond donors (Lipinski definition) is 1. The van der Waals surface area contributed by atoms with Crippen LogP contribution in [0.1, 0.15) is 41.2 Å². The van der Waals surface area contributed by atoms with Gasteiger partial charge in [0.05, 0.1) is 5.60 Å². The molecule has 154 valence electrons. The van der Waals surface area contributed by atoms with E-state index in [1.54, 1.807) is 13.2 Å². The molecule has 2 bridgehead atoms. The molecule has 28 heavy (non-hydrogen) atoms. The van der Waals surface area contributed by atoms with Gasteiger partial charge in [-0.25, -0.2) is 0 Å². The predicted octanol–water partition coefficient (Wildman–Crippen LogP) is 0.738. The number of hydrogen-bond acceptors (Lipinski definition) is 5. The summed E-state index contributed by atoms with van der Waals surface area (Å²) in [5.74, 6) is 0.731. The van der Waals surface area contributed by atoms with Gasteiger partial charge in [-0.15, -0.1) is 0 Å². The molecule has 1 amide bonds. The smallest absolute Gasteiger partial charge is 0.263 e. The minimum atomic E-state index is -0.213. The second kappa shape index (κ2) is 7.61. The zero-order valence-corrected chi connectivity index (χ0v) is 17.2. The lowest BCUT2D eigenvalue weighted by molar-refractivity contribution is -0.0654. The Morgan fingerprint density at radius 2 is 2.04 bits per heavy atom. The molecule has 1 aromatic heterocycles. The molecule has 2 fully saturated rings. The lowest BCUT2D eigenvalue weighted by Crippen LogP contribution is -2.53. The Balaban J connectivity index is 1.52. The van der Waals surface area contributed by atoms with E-state index in [0.29, 0.717) is 37.0 Å². The van der Waals surface area contributed by atoms with E-state index in [1.807, 2.05) is 29.6 Å². The minimum Gasteiger partial charge on any atom is -0.377 e. The third-order valence-electron chi connectivity index (χ3n) is 6.74. The Labute approximate surface area is 166 Å². The fourth-order valence-corrected chi connectivity index (χ4v) is 5.24. The standard InChI is InChI=1S/C21H32N4O3/c1-23(2)14-21(28-3)6-8-24(9-7-21)19(26)17-4-5-18-16-10-15(11-22-12-16)13-25(18)20(17)27/h4-5,15-16,22H,6-14H2,1-3H3/t15-,16+/m0/s1. The van der Waals surface area contributed by atoms with Crippen molar-refractivity contribution >= 4 is 5.91 Å². The first-order chi connectivity index (χ1) is 13.4. The Morgan fingerprint density at radius 1 is 1.29 bits per heavy atom. The van der Waals surface area contributed by atoms with Gasteiger partial charge in [0, 0.05) is 51.4 Å². The quantitative estimate of drug-likeness (QED) is 0.824. The van der Waals surface area contributed by atoms with Crippen LogP contribution in [0.3, 0.4) is 0 Å². The molecule has 0 radical (unpaired) electrons. The van der Waals surface area contributed by atoms with Crippen molar-refractivity contribution in [1.29, 1.82) is 0 Å². The van der Waals surface area contributed by atoms with E-state index in [2.05, 4.69) is 10.2 Å². The summed E-state index contributed by atoms with van der Waals surface area (Å²) >= 11 is 0. The number of pyridine rings is 1. The van der Waals surface area contributed by atoms with Gasteiger partial charge in [-0.3, -0.25) is 9.59 Å². The molecule has 1 aromatic rings. The highest BCUT2D eigenvalue weighted by Gasteiger charge is 2.38. The van der Waals surface area contributed by atoms with Crippen LogP contribution in [0.15, 0.2) is 16.9 Å². The van der Waals surface area contributed by atoms with Gasteiger partial charge in [-0.1, -0.05) is 0 Å². The van der Waals surface area contributed by atoms with Crippen LogP contribution in [0.4, 0.5) is 0 Å². The number of nitrogens with one attached hydrogen (secondary N) is 1. The molecule has 4 heterocycles. The first-order valence-electron chi connectivity index (χ1n) is 10.4. The van der Waals surface area contributed by atoms with Crippen LogP contribution in [0.2, 0.25) is 0 Å². The average molecular weight is 389 g/mol. The van der Waals surface area contributed by atoms with Crippen LogP contribution in [0, 0.1) is 5.92 Å². The summed E-state index contributed by atoms with van der Waals surface area (Å²) in [6, 6.07) is 3.75. The van der Waals surface area contributed by atoms with E-state index in [-0.39, 0.29) is 17.1 Å². The number of amides is 1. The molecule has 1 N–H and O–H groups in total. The molecule has 3 aliphatic heterocycles. The fourth-order valence-electron chi connectivity index (χ4n) is 5.24. The van der Waals surface area contributed by atoms with E-state index in [4.69, 9.17) is 4.74 Å². The summed E-state index contributed by atoms with van der Waals surface area (Å²) in [7, 11) is 5.83. The van der Waals surface area contributed by atoms with E-state index in [9.17, 15) is 9.59 Å². The SMILES string of the molecule is COC1(CN(C)C)CCN(C(=O)c2ccc3n(c2=O)C[C@@H]2CNC[C@H]3C2)CC1. The molecular weight excluding hydrogens is 356 g/mol. The van der Waals surface area contributed by atoms with Crippen molar-refractivity contribution < 1.29 is 9.53 Å². The number of nitrogens with zero attached hydrogens (tertiary/aromatic N) is 3. The molecule has 0 aliphatic carbocycles. The number of ether oxygens (including phenoxy) is 1. The average Bonchev–Trinajstić information content (AvgIpc) is 2.69. The summed E-state index contributed by atoms with van der Waals surface area (Å²) in [6.45, 7) is 4.67. The van der Waals surface area contributed by atoms with Gasteiger partial charge in [0.15, 0.2) is 0 Å². The van der Waals surface area contributed by atoms with Crippen molar-refractivity contribution in [1.82, 2.24) is 19.7 Å². The molecule has 0 saturated carbocycles. The van der Waals surface area contributed by atoms with Crippen molar-refractivity contribution in [2.45, 2.75) is 37.3 Å². The van der Waals surface area contributed by atoms with Gasteiger partial charge < -0.3 is 24.4 Å². The van der Waals surface area contributed by atoms with Gasteiger partial charge in [0.2, 0.25) is 0 Å². The fraction of sp³-hybridized carbons (Fsp3) is 0.714. The largest absolute Gasteiger partial charge is 0.377 e. The number of fused-ring (bicyclic) bond motifs is 4. The minimum absolute atomic E-state index is 0.115. The molecule has 0 aromatic carbocycles. The summed E-state index contributed by atoms with van der Waals surface area (Å²) < 4.78 is 7.68. The van der Waals surface area contributed by atoms with E-state index in [0.717, 1.165) is 44.6 Å². The molecule has 7 nitrogen and oxygen atoms in total. The number of methoxy groups -OCH3 is 1. The normalized spacial score (nSPS) is 26.2. The van der Waals surface area contributed by atoms with E-state index in [1.165, 1.54) is 0 Å². The van der Waals surface area contributed by atoms with E-state index >= 15 is 0 Å². The van der Waals surface area contributed by atoms with Crippen molar-refractivity contribution in [3.8, 4) is 0 Å². The Kier molecular flexibility index (Phi) is 5.33. The molecule has 0 spiro atoms. The third kappa shape index (κ3) is 3.51. The number of carbonyl (C=O) groups excluding carboxylic acids is 1. The van der Waals surface area contributed by atoms with Crippen LogP contribution in [0.5, 0.6) is 0 Å². The highest BCUT2D eigenvalue weighted by Crippen LogP contribution is 2.32. The monoisotopic (exact) mass is 388 g/mol. The topological polar surface area (TPSA) is 66.8 Å². The number of aromatic nitrogens is 1. The number of piperidine rings is 2. The summed E-state index contributed by atoms with van der Waals surface area (Å²) in [6.07, 6.45) is 2.71. The van der Waals surface area contributed by atoms with Gasteiger partial charge in [-0.05, 0) is 58.0 Å². The molecule has 2 saturated heterocycles. The molecule has 0 unspecified atom stereocenters. The zero-order chi connectivity index (χ0) is 19.9. The lowest BCUT2D eigenvalue weighted by atomic mass is 9.84. The molecular formula is C21H32N4O3. The van der Waals surface area contributed by atoms with Crippen molar-refractivity contribution in [2.24, 2.45) is 5.92 Å². The second-order valence-electron chi connectivity index (χ2n) is 8.96. The third-order valence-corrected chi connectivity index (χ3v) is 6.74. The number of carbonyl (C=O) groups is 1. The van der Waals surface area contributed by atoms with Crippen LogP contribution < -0.4 is 10.9 Å². The first-order valence-corrected chi connectivity index (χ1v) is 10.4. The molecule has 3 aliphatic rings. The second-order valence-corrected chi connectivity index (χ2v) is 8.96. The first kappa shape index (κ1) is 19.6. The Hall–Kier alpha value is -1.70. The molecule has 4 rings (SSSR count). The summed E-state index contributed by atoms with van der Waals surface area (Å²) in [5.41, 5.74) is 1.06. The maximum absolute atomic E-state index is 13.1. The van der Waals surface area contributed by atoms with Gasteiger partial charge in [0.25, 0.3) is 11.5 Å². The van der Waals surface area contributed by atoms with Crippen LogP contribution >= 0.6 is 0 Å². The highest BCUT2D eigenvalue weighted by molar-refractivity contribution is 5.94. The van der Waals surface area contributed by atoms with Gasteiger partial charge in [0.1, 0.15) is 5.56 Å². The van der Waals surface area contributed by atoms with Gasteiger partial charge in [-0.2, -0.15) is 0 Å².